The molecule has 0 amide bonds. The van der Waals surface area contributed by atoms with Crippen molar-refractivity contribution in [3.05, 3.63) is 66.0 Å². The lowest BCUT2D eigenvalue weighted by molar-refractivity contribution is -0.138. The van der Waals surface area contributed by atoms with E-state index in [1.54, 1.807) is 30.3 Å². The number of aliphatic carboxylic acids is 1. The van der Waals surface area contributed by atoms with Crippen LogP contribution in [0, 0.1) is 5.82 Å². The van der Waals surface area contributed by atoms with E-state index >= 15 is 0 Å². The monoisotopic (exact) mass is 245 g/mol. The van der Waals surface area contributed by atoms with Crippen molar-refractivity contribution in [3.8, 4) is 0 Å². The zero-order valence-electron chi connectivity index (χ0n) is 9.51. The Labute approximate surface area is 104 Å². The highest BCUT2D eigenvalue weighted by atomic mass is 19.1. The van der Waals surface area contributed by atoms with Crippen molar-refractivity contribution < 1.29 is 14.3 Å². The third-order valence-corrected chi connectivity index (χ3v) is 2.55. The predicted molar refractivity (Wildman–Crippen MR) is 66.8 cm³/mol. The molecule has 92 valence electrons. The van der Waals surface area contributed by atoms with Crippen molar-refractivity contribution in [2.75, 3.05) is 5.32 Å². The molecule has 0 heterocycles. The fraction of sp³-hybridized carbons (Fsp3) is 0.0714. The number of para-hydroxylation sites is 1. The second-order valence-electron chi connectivity index (χ2n) is 3.80. The highest BCUT2D eigenvalue weighted by Gasteiger charge is 2.22. The molecule has 18 heavy (non-hydrogen) atoms. The first-order chi connectivity index (χ1) is 8.68. The van der Waals surface area contributed by atoms with Gasteiger partial charge in [-0.3, -0.25) is 0 Å². The van der Waals surface area contributed by atoms with E-state index in [1.807, 2.05) is 6.07 Å². The van der Waals surface area contributed by atoms with Gasteiger partial charge in [0.25, 0.3) is 0 Å². The Hall–Kier alpha value is -2.36. The summed E-state index contributed by atoms with van der Waals surface area (Å²) in [5.74, 6) is -1.66. The Morgan fingerprint density at radius 2 is 1.67 bits per heavy atom. The summed E-state index contributed by atoms with van der Waals surface area (Å²) in [4.78, 5) is 11.2. The van der Waals surface area contributed by atoms with Gasteiger partial charge in [-0.2, -0.15) is 0 Å². The topological polar surface area (TPSA) is 49.3 Å². The van der Waals surface area contributed by atoms with Crippen LogP contribution in [0.15, 0.2) is 54.6 Å². The molecule has 2 aromatic rings. The largest absolute Gasteiger partial charge is 0.479 e. The fourth-order valence-corrected chi connectivity index (χ4v) is 1.68. The fourth-order valence-electron chi connectivity index (χ4n) is 1.68. The number of hydrogen-bond donors (Lipinski definition) is 2. The smallest absolute Gasteiger partial charge is 0.330 e. The molecule has 0 spiro atoms. The summed E-state index contributed by atoms with van der Waals surface area (Å²) in [7, 11) is 0. The van der Waals surface area contributed by atoms with Crippen LogP contribution in [-0.4, -0.2) is 11.1 Å². The minimum Gasteiger partial charge on any atom is -0.479 e. The van der Waals surface area contributed by atoms with E-state index in [-0.39, 0.29) is 5.56 Å². The maximum absolute atomic E-state index is 13.6. The van der Waals surface area contributed by atoms with Gasteiger partial charge in [-0.1, -0.05) is 36.4 Å². The first-order valence-corrected chi connectivity index (χ1v) is 5.47. The first kappa shape index (κ1) is 12.1. The molecule has 0 aliphatic rings. The quantitative estimate of drug-likeness (QED) is 0.870. The normalized spacial score (nSPS) is 11.8. The Morgan fingerprint density at radius 3 is 2.28 bits per heavy atom. The number of anilines is 1. The van der Waals surface area contributed by atoms with Crippen molar-refractivity contribution in [1.82, 2.24) is 0 Å². The Kier molecular flexibility index (Phi) is 3.57. The van der Waals surface area contributed by atoms with Gasteiger partial charge in [0.1, 0.15) is 5.82 Å². The number of hydrogen-bond acceptors (Lipinski definition) is 2. The van der Waals surface area contributed by atoms with E-state index < -0.39 is 17.8 Å². The van der Waals surface area contributed by atoms with Crippen LogP contribution in [0.3, 0.4) is 0 Å². The average molecular weight is 245 g/mol. The van der Waals surface area contributed by atoms with Gasteiger partial charge in [0.2, 0.25) is 0 Å². The van der Waals surface area contributed by atoms with Gasteiger partial charge >= 0.3 is 5.97 Å². The molecule has 1 atom stereocenters. The van der Waals surface area contributed by atoms with Crippen LogP contribution in [0.1, 0.15) is 11.6 Å². The van der Waals surface area contributed by atoms with Crippen LogP contribution in [0.25, 0.3) is 0 Å². The van der Waals surface area contributed by atoms with E-state index in [2.05, 4.69) is 5.32 Å². The van der Waals surface area contributed by atoms with Crippen LogP contribution >= 0.6 is 0 Å². The van der Waals surface area contributed by atoms with Crippen molar-refractivity contribution >= 4 is 11.7 Å². The van der Waals surface area contributed by atoms with E-state index in [9.17, 15) is 14.3 Å². The molecule has 0 aliphatic heterocycles. The molecule has 0 aliphatic carbocycles. The molecule has 0 unspecified atom stereocenters. The highest BCUT2D eigenvalue weighted by Crippen LogP contribution is 2.22. The van der Waals surface area contributed by atoms with Crippen molar-refractivity contribution in [1.29, 1.82) is 0 Å². The third-order valence-electron chi connectivity index (χ3n) is 2.55. The van der Waals surface area contributed by atoms with Gasteiger partial charge in [-0.15, -0.1) is 0 Å². The Morgan fingerprint density at radius 1 is 1.06 bits per heavy atom. The minimum atomic E-state index is -1.12. The summed E-state index contributed by atoms with van der Waals surface area (Å²) in [6.07, 6.45) is 0. The summed E-state index contributed by atoms with van der Waals surface area (Å²) in [5, 5.41) is 12.0. The van der Waals surface area contributed by atoms with Gasteiger partial charge in [-0.05, 0) is 18.2 Å². The van der Waals surface area contributed by atoms with Gasteiger partial charge in [0.05, 0.1) is 0 Å². The minimum absolute atomic E-state index is 0.119. The van der Waals surface area contributed by atoms with Crippen LogP contribution in [0.2, 0.25) is 0 Å². The molecule has 0 radical (unpaired) electrons. The second-order valence-corrected chi connectivity index (χ2v) is 3.80. The zero-order valence-corrected chi connectivity index (χ0v) is 9.51. The summed E-state index contributed by atoms with van der Waals surface area (Å²) in [6, 6.07) is 13.6. The molecular weight excluding hydrogens is 233 g/mol. The van der Waals surface area contributed by atoms with Crippen LogP contribution in [-0.2, 0) is 4.79 Å². The lowest BCUT2D eigenvalue weighted by Crippen LogP contribution is -2.21. The predicted octanol–water partition coefficient (Wildman–Crippen LogP) is 3.06. The molecule has 0 saturated heterocycles. The van der Waals surface area contributed by atoms with Crippen LogP contribution < -0.4 is 5.32 Å². The average Bonchev–Trinajstić information content (AvgIpc) is 2.38. The van der Waals surface area contributed by atoms with E-state index in [0.29, 0.717) is 5.69 Å². The maximum Gasteiger partial charge on any atom is 0.330 e. The number of halogens is 1. The van der Waals surface area contributed by atoms with Crippen LogP contribution in [0.5, 0.6) is 0 Å². The number of carbonyl (C=O) groups is 1. The maximum atomic E-state index is 13.6. The van der Waals surface area contributed by atoms with Gasteiger partial charge in [-0.25, -0.2) is 9.18 Å². The van der Waals surface area contributed by atoms with Crippen molar-refractivity contribution in [2.24, 2.45) is 0 Å². The molecular formula is C14H12FNO2. The molecule has 4 heteroatoms. The van der Waals surface area contributed by atoms with Crippen molar-refractivity contribution in [3.63, 3.8) is 0 Å². The standard InChI is InChI=1S/C14H12FNO2/c15-12-9-5-4-8-11(12)13(14(17)18)16-10-6-2-1-3-7-10/h1-9,13,16H,(H,17,18)/t13-/m0/s1. The molecule has 2 aromatic carbocycles. The Balaban J connectivity index is 2.30. The number of rotatable bonds is 4. The lowest BCUT2D eigenvalue weighted by atomic mass is 10.1. The van der Waals surface area contributed by atoms with Crippen LogP contribution in [0.4, 0.5) is 10.1 Å². The second kappa shape index (κ2) is 5.31. The molecule has 0 fully saturated rings. The molecule has 2 rings (SSSR count). The number of carboxylic acids is 1. The van der Waals surface area contributed by atoms with E-state index in [4.69, 9.17) is 0 Å². The van der Waals surface area contributed by atoms with E-state index in [1.165, 1.54) is 18.2 Å². The first-order valence-electron chi connectivity index (χ1n) is 5.47. The summed E-state index contributed by atoms with van der Waals surface area (Å²) < 4.78 is 13.6. The molecule has 0 bridgehead atoms. The molecule has 3 nitrogen and oxygen atoms in total. The lowest BCUT2D eigenvalue weighted by Gasteiger charge is -2.16. The zero-order chi connectivity index (χ0) is 13.0. The molecule has 0 aromatic heterocycles. The highest BCUT2D eigenvalue weighted by molar-refractivity contribution is 5.79. The number of carboxylic acid groups (broad SMARTS) is 1. The van der Waals surface area contributed by atoms with Crippen molar-refractivity contribution in [2.45, 2.75) is 6.04 Å². The summed E-state index contributed by atoms with van der Waals surface area (Å²) in [6.45, 7) is 0. The van der Waals surface area contributed by atoms with Gasteiger partial charge < -0.3 is 10.4 Å². The van der Waals surface area contributed by atoms with E-state index in [0.717, 1.165) is 0 Å². The van der Waals surface area contributed by atoms with Gasteiger partial charge in [0, 0.05) is 11.3 Å². The SMILES string of the molecule is O=C(O)[C@@H](Nc1ccccc1)c1ccccc1F. The molecule has 2 N–H and O–H groups in total. The number of nitrogens with one attached hydrogen (secondary N) is 1. The summed E-state index contributed by atoms with van der Waals surface area (Å²) in [5.41, 5.74) is 0.752. The Bertz CT molecular complexity index is 543. The third kappa shape index (κ3) is 2.66. The number of benzene rings is 2. The van der Waals surface area contributed by atoms with Gasteiger partial charge in [0.15, 0.2) is 6.04 Å². The molecule has 0 saturated carbocycles. The summed E-state index contributed by atoms with van der Waals surface area (Å²) >= 11 is 0.